The quantitative estimate of drug-likeness (QED) is 0.261. The van der Waals surface area contributed by atoms with Gasteiger partial charge in [-0.15, -0.1) is 0 Å². The van der Waals surface area contributed by atoms with Crippen molar-refractivity contribution in [1.82, 2.24) is 4.98 Å². The minimum Gasteiger partial charge on any atom is -0.306 e. The first-order valence-corrected chi connectivity index (χ1v) is 15.2. The minimum absolute atomic E-state index is 0. The summed E-state index contributed by atoms with van der Waals surface area (Å²) in [5, 5.41) is 1.03. The zero-order valence-electron chi connectivity index (χ0n) is 24.5. The Hall–Kier alpha value is -4.65. The Morgan fingerprint density at radius 3 is 2.35 bits per heavy atom. The molecule has 4 aromatic rings. The molecule has 0 radical (unpaired) electrons. The molecule has 3 atom stereocenters. The van der Waals surface area contributed by atoms with Crippen molar-refractivity contribution in [2.45, 2.75) is 58.5 Å². The maximum absolute atomic E-state index is 14.1. The van der Waals surface area contributed by atoms with E-state index in [9.17, 15) is 19.2 Å². The molecule has 3 unspecified atom stereocenters. The SMILES string of the molecule is CC.O=C1CC(CC(=O)N2c3ccccc3N(Cc3ccc4ccccc4n3)C(=O)C3CCCC32)C(=O)c2ccccc21.[HH]. The summed E-state index contributed by atoms with van der Waals surface area (Å²) in [6.07, 6.45) is 2.18. The summed E-state index contributed by atoms with van der Waals surface area (Å²) in [5.74, 6) is -1.58. The maximum Gasteiger partial charge on any atom is 0.232 e. The van der Waals surface area contributed by atoms with E-state index in [2.05, 4.69) is 0 Å². The number of fused-ring (bicyclic) bond motifs is 4. The van der Waals surface area contributed by atoms with E-state index in [1.807, 2.05) is 74.5 Å². The van der Waals surface area contributed by atoms with Gasteiger partial charge in [-0.3, -0.25) is 24.2 Å². The monoisotopic (exact) mass is 575 g/mol. The lowest BCUT2D eigenvalue weighted by molar-refractivity contribution is -0.123. The number of rotatable bonds is 4. The van der Waals surface area contributed by atoms with Crippen molar-refractivity contribution in [3.8, 4) is 0 Å². The highest BCUT2D eigenvalue weighted by molar-refractivity contribution is 6.16. The fraction of sp³-hybridized carbons (Fsp3) is 0.306. The number of benzene rings is 3. The smallest absolute Gasteiger partial charge is 0.232 e. The maximum atomic E-state index is 14.1. The number of nitrogens with zero attached hydrogens (tertiary/aromatic N) is 3. The Balaban J connectivity index is 0.00000126. The number of anilines is 2. The van der Waals surface area contributed by atoms with Crippen LogP contribution in [-0.4, -0.2) is 34.4 Å². The number of Topliss-reactive ketones (excluding diaryl/α,β-unsaturated/α-hetero) is 2. The van der Waals surface area contributed by atoms with E-state index in [1.54, 1.807) is 34.1 Å². The molecule has 2 amide bonds. The summed E-state index contributed by atoms with van der Waals surface area (Å²) in [4.78, 5) is 62.8. The van der Waals surface area contributed by atoms with Crippen LogP contribution in [-0.2, 0) is 16.1 Å². The van der Waals surface area contributed by atoms with Crippen molar-refractivity contribution in [2.75, 3.05) is 9.80 Å². The first kappa shape index (κ1) is 28.5. The van der Waals surface area contributed by atoms with E-state index in [0.29, 0.717) is 41.9 Å². The predicted molar refractivity (Wildman–Crippen MR) is 169 cm³/mol. The van der Waals surface area contributed by atoms with Crippen LogP contribution in [0.1, 0.15) is 73.8 Å². The van der Waals surface area contributed by atoms with Crippen LogP contribution in [0.25, 0.3) is 10.9 Å². The average molecular weight is 576 g/mol. The number of para-hydroxylation sites is 3. The molecule has 220 valence electrons. The van der Waals surface area contributed by atoms with E-state index >= 15 is 0 Å². The van der Waals surface area contributed by atoms with Crippen LogP contribution in [0.3, 0.4) is 0 Å². The van der Waals surface area contributed by atoms with Gasteiger partial charge in [0.05, 0.1) is 35.0 Å². The average Bonchev–Trinajstić information content (AvgIpc) is 3.49. The Morgan fingerprint density at radius 1 is 0.837 bits per heavy atom. The Bertz CT molecular complexity index is 1740. The van der Waals surface area contributed by atoms with Gasteiger partial charge in [0, 0.05) is 42.7 Å². The second-order valence-corrected chi connectivity index (χ2v) is 11.2. The van der Waals surface area contributed by atoms with Gasteiger partial charge in [-0.25, -0.2) is 0 Å². The molecule has 0 bridgehead atoms. The van der Waals surface area contributed by atoms with Crippen LogP contribution in [0.2, 0.25) is 0 Å². The van der Waals surface area contributed by atoms with Gasteiger partial charge in [-0.2, -0.15) is 0 Å². The largest absolute Gasteiger partial charge is 0.306 e. The summed E-state index contributed by atoms with van der Waals surface area (Å²) < 4.78 is 0. The van der Waals surface area contributed by atoms with E-state index in [1.165, 1.54) is 0 Å². The number of pyridine rings is 1. The fourth-order valence-corrected chi connectivity index (χ4v) is 6.83. The molecule has 7 nitrogen and oxygen atoms in total. The lowest BCUT2D eigenvalue weighted by Crippen LogP contribution is -2.46. The normalized spacial score (nSPS) is 21.0. The molecular weight excluding hydrogens is 538 g/mol. The zero-order valence-corrected chi connectivity index (χ0v) is 24.5. The molecule has 2 heterocycles. The van der Waals surface area contributed by atoms with Crippen LogP contribution in [0.4, 0.5) is 11.4 Å². The van der Waals surface area contributed by atoms with Gasteiger partial charge in [-0.1, -0.05) is 80.9 Å². The van der Waals surface area contributed by atoms with E-state index < -0.39 is 5.92 Å². The third-order valence-corrected chi connectivity index (χ3v) is 8.79. The molecule has 0 spiro atoms. The lowest BCUT2D eigenvalue weighted by atomic mass is 9.80. The van der Waals surface area contributed by atoms with E-state index in [0.717, 1.165) is 23.0 Å². The van der Waals surface area contributed by atoms with Crippen molar-refractivity contribution in [1.29, 1.82) is 0 Å². The van der Waals surface area contributed by atoms with E-state index in [4.69, 9.17) is 4.98 Å². The first-order valence-electron chi connectivity index (χ1n) is 15.2. The highest BCUT2D eigenvalue weighted by Gasteiger charge is 2.46. The number of carbonyl (C=O) groups excluding carboxylic acids is 4. The molecule has 3 aliphatic rings. The van der Waals surface area contributed by atoms with Crippen molar-refractivity contribution in [2.24, 2.45) is 11.8 Å². The van der Waals surface area contributed by atoms with Crippen molar-refractivity contribution in [3.05, 3.63) is 102 Å². The van der Waals surface area contributed by atoms with Gasteiger partial charge in [0.15, 0.2) is 11.6 Å². The molecule has 1 aromatic heterocycles. The third-order valence-electron chi connectivity index (χ3n) is 8.79. The van der Waals surface area contributed by atoms with Gasteiger partial charge < -0.3 is 9.80 Å². The number of hydrogen-bond acceptors (Lipinski definition) is 5. The highest BCUT2D eigenvalue weighted by Crippen LogP contribution is 2.44. The fourth-order valence-electron chi connectivity index (χ4n) is 6.83. The molecule has 3 aromatic carbocycles. The Morgan fingerprint density at radius 2 is 1.53 bits per heavy atom. The summed E-state index contributed by atoms with van der Waals surface area (Å²) in [6.45, 7) is 4.29. The molecule has 7 heteroatoms. The number of ketones is 2. The van der Waals surface area contributed by atoms with Crippen molar-refractivity contribution < 1.29 is 20.6 Å². The summed E-state index contributed by atoms with van der Waals surface area (Å²) in [7, 11) is 0. The number of aromatic nitrogens is 1. The predicted octanol–water partition coefficient (Wildman–Crippen LogP) is 7.03. The molecule has 2 aliphatic carbocycles. The molecule has 1 aliphatic heterocycles. The van der Waals surface area contributed by atoms with Crippen LogP contribution >= 0.6 is 0 Å². The van der Waals surface area contributed by atoms with Gasteiger partial charge >= 0.3 is 0 Å². The molecule has 1 fully saturated rings. The minimum atomic E-state index is -0.714. The molecule has 7 rings (SSSR count). The van der Waals surface area contributed by atoms with Crippen LogP contribution in [0.5, 0.6) is 0 Å². The molecule has 1 saturated carbocycles. The van der Waals surface area contributed by atoms with Gasteiger partial charge in [0.25, 0.3) is 0 Å². The Labute approximate surface area is 253 Å². The van der Waals surface area contributed by atoms with Gasteiger partial charge in [-0.05, 0) is 37.1 Å². The second-order valence-electron chi connectivity index (χ2n) is 11.2. The van der Waals surface area contributed by atoms with Crippen molar-refractivity contribution >= 4 is 45.7 Å². The molecular formula is C36H37N3O4. The number of hydrogen-bond donors (Lipinski definition) is 0. The highest BCUT2D eigenvalue weighted by atomic mass is 16.2. The van der Waals surface area contributed by atoms with Gasteiger partial charge in [0.1, 0.15) is 0 Å². The van der Waals surface area contributed by atoms with Crippen LogP contribution < -0.4 is 9.80 Å². The lowest BCUT2D eigenvalue weighted by Gasteiger charge is -2.32. The standard InChI is InChI=1S/C34H29N3O4.C2H6.H2/c38-31-18-22(33(40)25-10-3-2-9-24(25)31)19-32(39)37-28-15-7-11-26(28)34(41)36(29-13-5-6-14-30(29)37)20-23-17-16-21-8-1-4-12-27(21)35-23;1-2;/h1-6,8-10,12-14,16-17,22,26,28H,7,11,15,18-20H2;1-2H3;1H. The number of amides is 2. The Kier molecular flexibility index (Phi) is 7.89. The van der Waals surface area contributed by atoms with Crippen LogP contribution in [0, 0.1) is 11.8 Å². The number of carbonyl (C=O) groups is 4. The summed E-state index contributed by atoms with van der Waals surface area (Å²) in [6, 6.07) is 25.9. The summed E-state index contributed by atoms with van der Waals surface area (Å²) in [5.41, 5.74) is 3.78. The first-order chi connectivity index (χ1) is 21.0. The van der Waals surface area contributed by atoms with E-state index in [-0.39, 0.29) is 49.6 Å². The topological polar surface area (TPSA) is 87.7 Å². The summed E-state index contributed by atoms with van der Waals surface area (Å²) >= 11 is 0. The van der Waals surface area contributed by atoms with Gasteiger partial charge in [0.2, 0.25) is 11.8 Å². The zero-order chi connectivity index (χ0) is 30.1. The molecule has 43 heavy (non-hydrogen) atoms. The second kappa shape index (κ2) is 11.9. The third kappa shape index (κ3) is 5.13. The molecule has 0 N–H and O–H groups in total. The van der Waals surface area contributed by atoms with Crippen molar-refractivity contribution in [3.63, 3.8) is 0 Å². The molecule has 0 saturated heterocycles. The van der Waals surface area contributed by atoms with Crippen LogP contribution in [0.15, 0.2) is 84.9 Å².